The van der Waals surface area contributed by atoms with E-state index in [0.717, 1.165) is 6.42 Å². The van der Waals surface area contributed by atoms with Crippen molar-refractivity contribution in [3.05, 3.63) is 12.2 Å². The molecule has 0 aliphatic heterocycles. The third-order valence-corrected chi connectivity index (χ3v) is 2.74. The van der Waals surface area contributed by atoms with Crippen molar-refractivity contribution in [3.8, 4) is 0 Å². The van der Waals surface area contributed by atoms with Crippen LogP contribution in [0.3, 0.4) is 0 Å². The Morgan fingerprint density at radius 3 is 2.26 bits per heavy atom. The largest absolute Gasteiger partial charge is 0.465 e. The summed E-state index contributed by atoms with van der Waals surface area (Å²) < 4.78 is 10.2. The Bertz CT molecular complexity index is 295. The van der Waals surface area contributed by atoms with E-state index in [1.54, 1.807) is 0 Å². The molecule has 110 valence electrons. The van der Waals surface area contributed by atoms with Crippen LogP contribution in [0.25, 0.3) is 0 Å². The summed E-state index contributed by atoms with van der Waals surface area (Å²) in [6.07, 6.45) is 5.75. The molecule has 0 aliphatic rings. The molecule has 19 heavy (non-hydrogen) atoms. The van der Waals surface area contributed by atoms with Crippen molar-refractivity contribution >= 4 is 11.9 Å². The van der Waals surface area contributed by atoms with Crippen LogP contribution in [0.2, 0.25) is 0 Å². The van der Waals surface area contributed by atoms with Crippen LogP contribution < -0.4 is 0 Å². The molecule has 0 rings (SSSR count). The molecular formula is C15H26O4. The maximum atomic E-state index is 11.4. The van der Waals surface area contributed by atoms with E-state index >= 15 is 0 Å². The average Bonchev–Trinajstić information content (AvgIpc) is 2.36. The fourth-order valence-electron chi connectivity index (χ4n) is 1.20. The minimum Gasteiger partial charge on any atom is -0.465 e. The molecule has 4 nitrogen and oxygen atoms in total. The van der Waals surface area contributed by atoms with Gasteiger partial charge in [0.25, 0.3) is 0 Å². The molecular weight excluding hydrogens is 244 g/mol. The topological polar surface area (TPSA) is 52.6 Å². The highest BCUT2D eigenvalue weighted by Crippen LogP contribution is 2.07. The monoisotopic (exact) mass is 270 g/mol. The van der Waals surface area contributed by atoms with Crippen molar-refractivity contribution in [2.45, 2.75) is 59.5 Å². The summed E-state index contributed by atoms with van der Waals surface area (Å²) in [6.45, 7) is 8.23. The van der Waals surface area contributed by atoms with Crippen LogP contribution in [-0.4, -0.2) is 24.6 Å². The molecule has 0 bridgehead atoms. The van der Waals surface area contributed by atoms with E-state index in [1.165, 1.54) is 0 Å². The predicted octanol–water partition coefficient (Wildman–Crippen LogP) is 3.25. The van der Waals surface area contributed by atoms with E-state index in [4.69, 9.17) is 9.47 Å². The number of ether oxygens (including phenoxy) is 2. The normalized spacial score (nSPS) is 12.7. The van der Waals surface area contributed by atoms with E-state index < -0.39 is 0 Å². The Balaban J connectivity index is 3.67. The van der Waals surface area contributed by atoms with Gasteiger partial charge in [0.1, 0.15) is 6.10 Å². The lowest BCUT2D eigenvalue weighted by Crippen LogP contribution is -2.20. The van der Waals surface area contributed by atoms with Crippen LogP contribution in [0, 0.1) is 5.92 Å². The van der Waals surface area contributed by atoms with Crippen molar-refractivity contribution in [3.63, 3.8) is 0 Å². The highest BCUT2D eigenvalue weighted by molar-refractivity contribution is 5.77. The minimum atomic E-state index is -0.348. The summed E-state index contributed by atoms with van der Waals surface area (Å²) in [5.41, 5.74) is 0. The van der Waals surface area contributed by atoms with Crippen LogP contribution in [0.15, 0.2) is 12.2 Å². The average molecular weight is 270 g/mol. The van der Waals surface area contributed by atoms with Gasteiger partial charge in [-0.1, -0.05) is 32.9 Å². The van der Waals surface area contributed by atoms with E-state index in [2.05, 4.69) is 0 Å². The zero-order valence-electron chi connectivity index (χ0n) is 12.5. The Labute approximate surface area is 116 Å². The number of allylic oxidation sites excluding steroid dienone is 1. The number of hydrogen-bond donors (Lipinski definition) is 0. The Morgan fingerprint density at radius 2 is 1.68 bits per heavy atom. The molecule has 0 radical (unpaired) electrons. The van der Waals surface area contributed by atoms with Crippen LogP contribution in [0.1, 0.15) is 53.4 Å². The lowest BCUT2D eigenvalue weighted by molar-refractivity contribution is -0.154. The van der Waals surface area contributed by atoms with Crippen molar-refractivity contribution in [1.82, 2.24) is 0 Å². The van der Waals surface area contributed by atoms with Crippen LogP contribution in [0.5, 0.6) is 0 Å². The van der Waals surface area contributed by atoms with Crippen molar-refractivity contribution in [1.29, 1.82) is 0 Å². The maximum Gasteiger partial charge on any atom is 0.306 e. The molecule has 0 aromatic heterocycles. The first kappa shape index (κ1) is 17.7. The van der Waals surface area contributed by atoms with Gasteiger partial charge in [-0.15, -0.1) is 0 Å². The molecule has 0 heterocycles. The van der Waals surface area contributed by atoms with Crippen LogP contribution in [0.4, 0.5) is 0 Å². The van der Waals surface area contributed by atoms with Crippen LogP contribution >= 0.6 is 0 Å². The summed E-state index contributed by atoms with van der Waals surface area (Å²) in [7, 11) is 0. The highest BCUT2D eigenvalue weighted by Gasteiger charge is 2.14. The summed E-state index contributed by atoms with van der Waals surface area (Å²) in [5.74, 6) is -0.413. The first-order valence-corrected chi connectivity index (χ1v) is 6.97. The van der Waals surface area contributed by atoms with E-state index in [-0.39, 0.29) is 36.8 Å². The SMILES string of the molecule is CC/C=C\CCOC(=O)CCC(=O)OC(C)C(C)C. The Kier molecular flexibility index (Phi) is 9.85. The third kappa shape index (κ3) is 10.3. The van der Waals surface area contributed by atoms with Gasteiger partial charge in [-0.3, -0.25) is 9.59 Å². The fourth-order valence-corrected chi connectivity index (χ4v) is 1.20. The fraction of sp³-hybridized carbons (Fsp3) is 0.733. The Hall–Kier alpha value is -1.32. The summed E-state index contributed by atoms with van der Waals surface area (Å²) in [6, 6.07) is 0. The van der Waals surface area contributed by atoms with Gasteiger partial charge in [0.2, 0.25) is 0 Å². The molecule has 4 heteroatoms. The van der Waals surface area contributed by atoms with E-state index in [0.29, 0.717) is 13.0 Å². The maximum absolute atomic E-state index is 11.4. The molecule has 0 aromatic carbocycles. The minimum absolute atomic E-state index is 0.0840. The predicted molar refractivity (Wildman–Crippen MR) is 74.6 cm³/mol. The second-order valence-corrected chi connectivity index (χ2v) is 4.83. The molecule has 0 fully saturated rings. The standard InChI is InChI=1S/C15H26O4/c1-5-6-7-8-11-18-14(16)9-10-15(17)19-13(4)12(2)3/h6-7,12-13H,5,8-11H2,1-4H3/b7-6-. The lowest BCUT2D eigenvalue weighted by atomic mass is 10.1. The smallest absolute Gasteiger partial charge is 0.306 e. The molecule has 1 atom stereocenters. The molecule has 0 aliphatic carbocycles. The molecule has 0 spiro atoms. The molecule has 0 saturated heterocycles. The number of hydrogen-bond acceptors (Lipinski definition) is 4. The van der Waals surface area contributed by atoms with Gasteiger partial charge < -0.3 is 9.47 Å². The number of carbonyl (C=O) groups excluding carboxylic acids is 2. The van der Waals surface area contributed by atoms with Gasteiger partial charge in [-0.25, -0.2) is 0 Å². The number of carbonyl (C=O) groups is 2. The molecule has 1 unspecified atom stereocenters. The van der Waals surface area contributed by atoms with Crippen molar-refractivity contribution in [2.75, 3.05) is 6.61 Å². The van der Waals surface area contributed by atoms with Crippen LogP contribution in [-0.2, 0) is 19.1 Å². The molecule has 0 amide bonds. The Morgan fingerprint density at radius 1 is 1.05 bits per heavy atom. The zero-order valence-corrected chi connectivity index (χ0v) is 12.5. The zero-order chi connectivity index (χ0) is 14.7. The van der Waals surface area contributed by atoms with Gasteiger partial charge in [0, 0.05) is 0 Å². The quantitative estimate of drug-likeness (QED) is 0.366. The van der Waals surface area contributed by atoms with Crippen molar-refractivity contribution < 1.29 is 19.1 Å². The second-order valence-electron chi connectivity index (χ2n) is 4.83. The lowest BCUT2D eigenvalue weighted by Gasteiger charge is -2.16. The molecule has 0 saturated carbocycles. The number of esters is 2. The third-order valence-electron chi connectivity index (χ3n) is 2.74. The van der Waals surface area contributed by atoms with Gasteiger partial charge in [-0.05, 0) is 25.7 Å². The first-order valence-electron chi connectivity index (χ1n) is 6.97. The molecule has 0 N–H and O–H groups in total. The second kappa shape index (κ2) is 10.6. The van der Waals surface area contributed by atoms with Gasteiger partial charge >= 0.3 is 11.9 Å². The summed E-state index contributed by atoms with van der Waals surface area (Å²) in [5, 5.41) is 0. The summed E-state index contributed by atoms with van der Waals surface area (Å²) >= 11 is 0. The molecule has 0 aromatic rings. The number of rotatable bonds is 9. The van der Waals surface area contributed by atoms with Gasteiger partial charge in [-0.2, -0.15) is 0 Å². The van der Waals surface area contributed by atoms with E-state index in [1.807, 2.05) is 39.8 Å². The van der Waals surface area contributed by atoms with Crippen molar-refractivity contribution in [2.24, 2.45) is 5.92 Å². The van der Waals surface area contributed by atoms with E-state index in [9.17, 15) is 9.59 Å². The van der Waals surface area contributed by atoms with Gasteiger partial charge in [0.15, 0.2) is 0 Å². The first-order chi connectivity index (χ1) is 8.97. The van der Waals surface area contributed by atoms with Gasteiger partial charge in [0.05, 0.1) is 19.4 Å². The highest BCUT2D eigenvalue weighted by atomic mass is 16.5. The summed E-state index contributed by atoms with van der Waals surface area (Å²) in [4.78, 5) is 22.8.